The van der Waals surface area contributed by atoms with Crippen molar-refractivity contribution in [3.05, 3.63) is 54.5 Å². The Balaban J connectivity index is 1.81. The molecule has 20 heavy (non-hydrogen) atoms. The van der Waals surface area contributed by atoms with Crippen LogP contribution in [0.4, 0.5) is 0 Å². The van der Waals surface area contributed by atoms with Crippen LogP contribution in [-0.2, 0) is 20.6 Å². The van der Waals surface area contributed by atoms with E-state index in [0.717, 1.165) is 17.4 Å². The number of rotatable bonds is 5. The van der Waals surface area contributed by atoms with Gasteiger partial charge in [-0.25, -0.2) is 9.97 Å². The molecule has 3 rings (SSSR count). The molecule has 0 saturated heterocycles. The fourth-order valence-electron chi connectivity index (χ4n) is 2.09. The van der Waals surface area contributed by atoms with Gasteiger partial charge in [-0.1, -0.05) is 0 Å². The van der Waals surface area contributed by atoms with E-state index in [-0.39, 0.29) is 6.04 Å². The summed E-state index contributed by atoms with van der Waals surface area (Å²) in [5.74, 6) is 2.43. The summed E-state index contributed by atoms with van der Waals surface area (Å²) in [7, 11) is 3.80. The molecule has 0 bridgehead atoms. The van der Waals surface area contributed by atoms with Crippen LogP contribution in [0, 0.1) is 0 Å². The van der Waals surface area contributed by atoms with Crippen molar-refractivity contribution in [2.24, 2.45) is 14.1 Å². The van der Waals surface area contributed by atoms with Gasteiger partial charge in [-0.15, -0.1) is 0 Å². The minimum atomic E-state index is -0.131. The average Bonchev–Trinajstić information content (AvgIpc) is 3.14. The second-order valence-electron chi connectivity index (χ2n) is 4.56. The Morgan fingerprint density at radius 1 is 1.35 bits per heavy atom. The summed E-state index contributed by atoms with van der Waals surface area (Å²) in [6, 6.07) is 3.67. The molecule has 3 aromatic heterocycles. The summed E-state index contributed by atoms with van der Waals surface area (Å²) in [6.07, 6.45) is 7.02. The number of aromatic nitrogens is 5. The first-order chi connectivity index (χ1) is 9.74. The predicted octanol–water partition coefficient (Wildman–Crippen LogP) is 1.02. The zero-order chi connectivity index (χ0) is 13.9. The van der Waals surface area contributed by atoms with Crippen molar-refractivity contribution in [2.45, 2.75) is 12.6 Å². The molecule has 0 aliphatic rings. The highest BCUT2D eigenvalue weighted by atomic mass is 16.3. The van der Waals surface area contributed by atoms with Gasteiger partial charge in [0.15, 0.2) is 5.82 Å². The zero-order valence-electron chi connectivity index (χ0n) is 11.4. The molecule has 0 aliphatic carbocycles. The van der Waals surface area contributed by atoms with Gasteiger partial charge in [0.05, 0.1) is 12.8 Å². The molecule has 1 atom stereocenters. The number of hydrogen-bond donors (Lipinski definition) is 1. The van der Waals surface area contributed by atoms with Crippen LogP contribution in [0.25, 0.3) is 0 Å². The molecule has 0 radical (unpaired) electrons. The molecule has 0 aromatic carbocycles. The molecule has 1 unspecified atom stereocenters. The van der Waals surface area contributed by atoms with Crippen molar-refractivity contribution in [2.75, 3.05) is 0 Å². The summed E-state index contributed by atoms with van der Waals surface area (Å²) < 4.78 is 9.15. The highest BCUT2D eigenvalue weighted by Crippen LogP contribution is 2.20. The van der Waals surface area contributed by atoms with Gasteiger partial charge in [-0.3, -0.25) is 10.00 Å². The number of furan rings is 1. The molecule has 7 heteroatoms. The summed E-state index contributed by atoms with van der Waals surface area (Å²) in [4.78, 5) is 8.59. The first kappa shape index (κ1) is 12.6. The summed E-state index contributed by atoms with van der Waals surface area (Å²) in [5.41, 5.74) is 0. The Bertz CT molecular complexity index is 669. The van der Waals surface area contributed by atoms with Crippen LogP contribution in [0.1, 0.15) is 23.5 Å². The van der Waals surface area contributed by atoms with Gasteiger partial charge in [0.1, 0.15) is 24.0 Å². The number of aryl methyl sites for hydroxylation is 2. The maximum atomic E-state index is 5.51. The molecule has 0 aliphatic heterocycles. The van der Waals surface area contributed by atoms with Gasteiger partial charge >= 0.3 is 0 Å². The van der Waals surface area contributed by atoms with Gasteiger partial charge in [-0.2, -0.15) is 5.10 Å². The molecule has 0 saturated carbocycles. The van der Waals surface area contributed by atoms with Crippen LogP contribution in [0.15, 0.2) is 41.5 Å². The van der Waals surface area contributed by atoms with Crippen molar-refractivity contribution in [1.29, 1.82) is 0 Å². The van der Waals surface area contributed by atoms with Crippen molar-refractivity contribution in [3.63, 3.8) is 0 Å². The second kappa shape index (κ2) is 5.30. The molecule has 1 N–H and O–H groups in total. The van der Waals surface area contributed by atoms with Gasteiger partial charge in [0, 0.05) is 26.5 Å². The topological polar surface area (TPSA) is 73.7 Å². The number of imidazole rings is 1. The molecule has 0 amide bonds. The van der Waals surface area contributed by atoms with Crippen molar-refractivity contribution >= 4 is 0 Å². The lowest BCUT2D eigenvalue weighted by Crippen LogP contribution is -2.25. The molecule has 7 nitrogen and oxygen atoms in total. The lowest BCUT2D eigenvalue weighted by molar-refractivity contribution is 0.426. The van der Waals surface area contributed by atoms with Crippen LogP contribution in [0.3, 0.4) is 0 Å². The van der Waals surface area contributed by atoms with E-state index >= 15 is 0 Å². The van der Waals surface area contributed by atoms with Gasteiger partial charge in [0.25, 0.3) is 0 Å². The summed E-state index contributed by atoms with van der Waals surface area (Å²) in [5, 5.41) is 7.63. The van der Waals surface area contributed by atoms with E-state index in [4.69, 9.17) is 4.42 Å². The van der Waals surface area contributed by atoms with E-state index in [2.05, 4.69) is 20.4 Å². The fourth-order valence-corrected chi connectivity index (χ4v) is 2.09. The Labute approximate surface area is 116 Å². The third-order valence-electron chi connectivity index (χ3n) is 3.06. The highest BCUT2D eigenvalue weighted by Gasteiger charge is 2.20. The molecule has 104 valence electrons. The quantitative estimate of drug-likeness (QED) is 0.750. The van der Waals surface area contributed by atoms with Crippen LogP contribution in [0.5, 0.6) is 0 Å². The smallest absolute Gasteiger partial charge is 0.164 e. The molecule has 3 heterocycles. The van der Waals surface area contributed by atoms with Crippen molar-refractivity contribution < 1.29 is 4.42 Å². The maximum absolute atomic E-state index is 5.51. The van der Waals surface area contributed by atoms with Crippen LogP contribution >= 0.6 is 0 Å². The third-order valence-corrected chi connectivity index (χ3v) is 3.06. The van der Waals surface area contributed by atoms with Crippen LogP contribution in [-0.4, -0.2) is 24.3 Å². The SMILES string of the molecule is Cn1cnc(CNC(c2ccco2)c2nccn2C)n1. The first-order valence-corrected chi connectivity index (χ1v) is 6.32. The van der Waals surface area contributed by atoms with Crippen molar-refractivity contribution in [1.82, 2.24) is 29.6 Å². The second-order valence-corrected chi connectivity index (χ2v) is 4.56. The lowest BCUT2D eigenvalue weighted by atomic mass is 10.2. The van der Waals surface area contributed by atoms with Crippen LogP contribution in [0.2, 0.25) is 0 Å². The van der Waals surface area contributed by atoms with E-state index < -0.39 is 0 Å². The summed E-state index contributed by atoms with van der Waals surface area (Å²) >= 11 is 0. The standard InChI is InChI=1S/C13H16N6O/c1-18-6-5-14-13(18)12(10-4-3-7-20-10)15-8-11-16-9-19(2)17-11/h3-7,9,12,15H,8H2,1-2H3. The highest BCUT2D eigenvalue weighted by molar-refractivity contribution is 5.15. The maximum Gasteiger partial charge on any atom is 0.164 e. The number of nitrogens with zero attached hydrogens (tertiary/aromatic N) is 5. The van der Waals surface area contributed by atoms with E-state index in [9.17, 15) is 0 Å². The van der Waals surface area contributed by atoms with Gasteiger partial charge in [-0.05, 0) is 12.1 Å². The van der Waals surface area contributed by atoms with E-state index in [0.29, 0.717) is 6.54 Å². The van der Waals surface area contributed by atoms with Crippen LogP contribution < -0.4 is 5.32 Å². The molecule has 0 fully saturated rings. The normalized spacial score (nSPS) is 12.7. The van der Waals surface area contributed by atoms with Gasteiger partial charge in [0.2, 0.25) is 0 Å². The van der Waals surface area contributed by atoms with E-state index in [1.54, 1.807) is 23.5 Å². The lowest BCUT2D eigenvalue weighted by Gasteiger charge is -2.15. The molecule has 3 aromatic rings. The average molecular weight is 272 g/mol. The number of hydrogen-bond acceptors (Lipinski definition) is 5. The molecule has 0 spiro atoms. The summed E-state index contributed by atoms with van der Waals surface area (Å²) in [6.45, 7) is 0.541. The van der Waals surface area contributed by atoms with E-state index in [1.807, 2.05) is 37.0 Å². The fraction of sp³-hybridized carbons (Fsp3) is 0.308. The Morgan fingerprint density at radius 3 is 2.85 bits per heavy atom. The first-order valence-electron chi connectivity index (χ1n) is 6.32. The molecular weight excluding hydrogens is 256 g/mol. The Kier molecular flexibility index (Phi) is 3.34. The third kappa shape index (κ3) is 2.48. The Hall–Kier alpha value is -2.41. The minimum Gasteiger partial charge on any atom is -0.467 e. The van der Waals surface area contributed by atoms with E-state index in [1.165, 1.54) is 0 Å². The monoisotopic (exact) mass is 272 g/mol. The number of nitrogens with one attached hydrogen (secondary N) is 1. The van der Waals surface area contributed by atoms with Crippen molar-refractivity contribution in [3.8, 4) is 0 Å². The largest absolute Gasteiger partial charge is 0.467 e. The predicted molar refractivity (Wildman–Crippen MR) is 71.6 cm³/mol. The van der Waals surface area contributed by atoms with Gasteiger partial charge < -0.3 is 8.98 Å². The zero-order valence-corrected chi connectivity index (χ0v) is 11.4. The molecular formula is C13H16N6O. The Morgan fingerprint density at radius 2 is 2.25 bits per heavy atom. The minimum absolute atomic E-state index is 0.131.